The lowest BCUT2D eigenvalue weighted by atomic mass is 10.1. The Morgan fingerprint density at radius 2 is 1.28 bits per heavy atom. The van der Waals surface area contributed by atoms with Crippen molar-refractivity contribution in [3.8, 4) is 22.6 Å². The van der Waals surface area contributed by atoms with E-state index in [1.165, 1.54) is 0 Å². The molecule has 25 heavy (non-hydrogen) atoms. The van der Waals surface area contributed by atoms with Crippen molar-refractivity contribution in [2.45, 2.75) is 0 Å². The molecule has 0 radical (unpaired) electrons. The minimum atomic E-state index is -0.00859. The van der Waals surface area contributed by atoms with E-state index >= 15 is 0 Å². The van der Waals surface area contributed by atoms with E-state index in [1.54, 1.807) is 0 Å². The van der Waals surface area contributed by atoms with Gasteiger partial charge in [0.1, 0.15) is 5.82 Å². The maximum atomic E-state index is 9.33. The van der Waals surface area contributed by atoms with Gasteiger partial charge in [-0.25, -0.2) is 9.97 Å². The molecule has 0 atom stereocenters. The molecular weight excluding hydrogens is 314 g/mol. The monoisotopic (exact) mass is 335 g/mol. The molecular formula is C20H21N3O2. The highest BCUT2D eigenvalue weighted by molar-refractivity contribution is 5.67. The molecule has 0 saturated heterocycles. The van der Waals surface area contributed by atoms with Crippen LogP contribution in [0.25, 0.3) is 22.6 Å². The van der Waals surface area contributed by atoms with Crippen LogP contribution in [0.3, 0.4) is 0 Å². The second kappa shape index (κ2) is 8.37. The van der Waals surface area contributed by atoms with Gasteiger partial charge in [-0.05, 0) is 0 Å². The number of aromatic nitrogens is 2. The molecule has 0 amide bonds. The number of hydrogen-bond donors (Lipinski definition) is 2. The van der Waals surface area contributed by atoms with E-state index in [9.17, 15) is 10.2 Å². The molecule has 1 aromatic heterocycles. The van der Waals surface area contributed by atoms with Crippen molar-refractivity contribution in [3.05, 3.63) is 66.7 Å². The van der Waals surface area contributed by atoms with Gasteiger partial charge in [0, 0.05) is 30.3 Å². The summed E-state index contributed by atoms with van der Waals surface area (Å²) in [7, 11) is 0. The number of nitrogens with zero attached hydrogens (tertiary/aromatic N) is 3. The van der Waals surface area contributed by atoms with Crippen LogP contribution >= 0.6 is 0 Å². The van der Waals surface area contributed by atoms with E-state index in [2.05, 4.69) is 4.98 Å². The first kappa shape index (κ1) is 17.1. The number of benzene rings is 2. The second-order valence-electron chi connectivity index (χ2n) is 5.60. The molecule has 0 fully saturated rings. The molecule has 3 rings (SSSR count). The second-order valence-corrected chi connectivity index (χ2v) is 5.60. The predicted molar refractivity (Wildman–Crippen MR) is 99.3 cm³/mol. The molecule has 0 aliphatic carbocycles. The summed E-state index contributed by atoms with van der Waals surface area (Å²) in [6, 6.07) is 21.6. The number of aliphatic hydroxyl groups excluding tert-OH is 2. The maximum absolute atomic E-state index is 9.33. The van der Waals surface area contributed by atoms with Crippen molar-refractivity contribution in [1.82, 2.24) is 9.97 Å². The van der Waals surface area contributed by atoms with Crippen LogP contribution in [0.4, 0.5) is 5.82 Å². The summed E-state index contributed by atoms with van der Waals surface area (Å²) >= 11 is 0. The normalized spacial score (nSPS) is 10.6. The lowest BCUT2D eigenvalue weighted by Gasteiger charge is -2.23. The summed E-state index contributed by atoms with van der Waals surface area (Å²) in [5, 5.41) is 18.7. The van der Waals surface area contributed by atoms with Crippen molar-refractivity contribution in [2.75, 3.05) is 31.2 Å². The van der Waals surface area contributed by atoms with Crippen molar-refractivity contribution >= 4 is 5.82 Å². The fourth-order valence-electron chi connectivity index (χ4n) is 2.65. The SMILES string of the molecule is OCCN(CCO)c1cc(-c2ccccc2)nc(-c2ccccc2)n1. The summed E-state index contributed by atoms with van der Waals surface area (Å²) in [6.45, 7) is 0.788. The van der Waals surface area contributed by atoms with Crippen molar-refractivity contribution in [1.29, 1.82) is 0 Å². The van der Waals surface area contributed by atoms with Gasteiger partial charge in [0.2, 0.25) is 0 Å². The Balaban J connectivity index is 2.11. The van der Waals surface area contributed by atoms with E-state index in [0.29, 0.717) is 24.7 Å². The summed E-state index contributed by atoms with van der Waals surface area (Å²) in [5.74, 6) is 1.31. The molecule has 0 aliphatic heterocycles. The van der Waals surface area contributed by atoms with Crippen molar-refractivity contribution in [2.24, 2.45) is 0 Å². The van der Waals surface area contributed by atoms with Gasteiger partial charge in [0.15, 0.2) is 5.82 Å². The van der Waals surface area contributed by atoms with Gasteiger partial charge >= 0.3 is 0 Å². The van der Waals surface area contributed by atoms with Crippen LogP contribution in [0, 0.1) is 0 Å². The Kier molecular flexibility index (Phi) is 5.72. The van der Waals surface area contributed by atoms with Crippen LogP contribution in [0.15, 0.2) is 66.7 Å². The third-order valence-electron chi connectivity index (χ3n) is 3.88. The fraction of sp³-hybridized carbons (Fsp3) is 0.200. The highest BCUT2D eigenvalue weighted by Crippen LogP contribution is 2.25. The van der Waals surface area contributed by atoms with Crippen LogP contribution in [0.1, 0.15) is 0 Å². The largest absolute Gasteiger partial charge is 0.395 e. The van der Waals surface area contributed by atoms with Crippen molar-refractivity contribution < 1.29 is 10.2 Å². The van der Waals surface area contributed by atoms with Crippen LogP contribution in [0.5, 0.6) is 0 Å². The van der Waals surface area contributed by atoms with Gasteiger partial charge in [0.05, 0.1) is 18.9 Å². The minimum Gasteiger partial charge on any atom is -0.395 e. The van der Waals surface area contributed by atoms with Crippen LogP contribution in [-0.4, -0.2) is 46.5 Å². The first-order chi connectivity index (χ1) is 12.3. The molecule has 128 valence electrons. The number of aliphatic hydroxyl groups is 2. The molecule has 0 saturated carbocycles. The van der Waals surface area contributed by atoms with E-state index in [4.69, 9.17) is 4.98 Å². The third kappa shape index (κ3) is 4.21. The van der Waals surface area contributed by atoms with Gasteiger partial charge < -0.3 is 15.1 Å². The lowest BCUT2D eigenvalue weighted by Crippen LogP contribution is -2.30. The van der Waals surface area contributed by atoms with Crippen LogP contribution < -0.4 is 4.90 Å². The van der Waals surface area contributed by atoms with E-state index in [-0.39, 0.29) is 13.2 Å². The molecule has 3 aromatic rings. The van der Waals surface area contributed by atoms with Gasteiger partial charge in [-0.2, -0.15) is 0 Å². The van der Waals surface area contributed by atoms with Crippen LogP contribution in [-0.2, 0) is 0 Å². The number of rotatable bonds is 7. The summed E-state index contributed by atoms with van der Waals surface area (Å²) in [6.07, 6.45) is 0. The molecule has 2 aromatic carbocycles. The number of anilines is 1. The van der Waals surface area contributed by atoms with E-state index in [1.807, 2.05) is 71.6 Å². The lowest BCUT2D eigenvalue weighted by molar-refractivity contribution is 0.280. The zero-order chi connectivity index (χ0) is 17.5. The van der Waals surface area contributed by atoms with Gasteiger partial charge in [0.25, 0.3) is 0 Å². The van der Waals surface area contributed by atoms with Gasteiger partial charge in [-0.1, -0.05) is 60.7 Å². The average molecular weight is 335 g/mol. The highest BCUT2D eigenvalue weighted by atomic mass is 16.3. The molecule has 2 N–H and O–H groups in total. The quantitative estimate of drug-likeness (QED) is 0.694. The number of hydrogen-bond acceptors (Lipinski definition) is 5. The predicted octanol–water partition coefficient (Wildman–Crippen LogP) is 2.60. The summed E-state index contributed by atoms with van der Waals surface area (Å²) in [4.78, 5) is 11.2. The zero-order valence-corrected chi connectivity index (χ0v) is 13.9. The smallest absolute Gasteiger partial charge is 0.162 e. The van der Waals surface area contributed by atoms with Crippen LogP contribution in [0.2, 0.25) is 0 Å². The summed E-state index contributed by atoms with van der Waals surface area (Å²) in [5.41, 5.74) is 2.73. The minimum absolute atomic E-state index is 0.00859. The average Bonchev–Trinajstić information content (AvgIpc) is 2.69. The molecule has 5 heteroatoms. The van der Waals surface area contributed by atoms with Gasteiger partial charge in [-0.3, -0.25) is 0 Å². The molecule has 0 unspecified atom stereocenters. The molecule has 0 bridgehead atoms. The van der Waals surface area contributed by atoms with Gasteiger partial charge in [-0.15, -0.1) is 0 Å². The first-order valence-electron chi connectivity index (χ1n) is 8.28. The molecule has 0 spiro atoms. The first-order valence-corrected chi connectivity index (χ1v) is 8.28. The molecule has 5 nitrogen and oxygen atoms in total. The Bertz CT molecular complexity index is 731. The van der Waals surface area contributed by atoms with E-state index in [0.717, 1.165) is 16.8 Å². The Labute approximate surface area is 147 Å². The maximum Gasteiger partial charge on any atom is 0.162 e. The molecule has 1 heterocycles. The van der Waals surface area contributed by atoms with E-state index < -0.39 is 0 Å². The Morgan fingerprint density at radius 3 is 1.84 bits per heavy atom. The zero-order valence-electron chi connectivity index (χ0n) is 13.9. The Hall–Kier alpha value is -2.76. The summed E-state index contributed by atoms with van der Waals surface area (Å²) < 4.78 is 0. The Morgan fingerprint density at radius 1 is 0.720 bits per heavy atom. The standard InChI is InChI=1S/C20H21N3O2/c24-13-11-23(12-14-25)19-15-18(16-7-3-1-4-8-16)21-20(22-19)17-9-5-2-6-10-17/h1-10,15,24-25H,11-14H2. The molecule has 0 aliphatic rings. The third-order valence-corrected chi connectivity index (χ3v) is 3.88. The highest BCUT2D eigenvalue weighted by Gasteiger charge is 2.13. The fourth-order valence-corrected chi connectivity index (χ4v) is 2.65. The topological polar surface area (TPSA) is 69.5 Å². The van der Waals surface area contributed by atoms with Crippen molar-refractivity contribution in [3.63, 3.8) is 0 Å².